The number of hydrogen-bond donors (Lipinski definition) is 0. The highest BCUT2D eigenvalue weighted by atomic mass is 19.3. The first-order valence-corrected chi connectivity index (χ1v) is 2.88. The van der Waals surface area contributed by atoms with Crippen molar-refractivity contribution in [2.75, 3.05) is 6.54 Å². The Labute approximate surface area is 64.5 Å². The summed E-state index contributed by atoms with van der Waals surface area (Å²) in [6.45, 7) is -1.07. The number of hydrogen-bond acceptors (Lipinski definition) is 3. The number of rotatable bonds is 1. The van der Waals surface area contributed by atoms with E-state index in [0.717, 1.165) is 0 Å². The summed E-state index contributed by atoms with van der Waals surface area (Å²) in [4.78, 5) is 11.4. The molecule has 0 aromatic carbocycles. The number of halogens is 3. The second-order valence-electron chi connectivity index (χ2n) is 2.15. The Kier molecular flexibility index (Phi) is 1.87. The molecule has 0 aliphatic carbocycles. The second-order valence-corrected chi connectivity index (χ2v) is 2.15. The molecule has 0 radical (unpaired) electrons. The van der Waals surface area contributed by atoms with Gasteiger partial charge in [0.1, 0.15) is 6.54 Å². The standard InChI is InChI=1S/C5H3F3N2O2/c6-4-3(10(11)12)1-5(7,8)2-9-4/h1H,2H2. The van der Waals surface area contributed by atoms with Gasteiger partial charge >= 0.3 is 5.70 Å². The lowest BCUT2D eigenvalue weighted by Gasteiger charge is -2.11. The van der Waals surface area contributed by atoms with Crippen LogP contribution in [0.2, 0.25) is 0 Å². The Hall–Kier alpha value is -1.40. The van der Waals surface area contributed by atoms with Crippen LogP contribution in [0.5, 0.6) is 0 Å². The molecule has 1 heterocycles. The van der Waals surface area contributed by atoms with E-state index in [4.69, 9.17) is 0 Å². The van der Waals surface area contributed by atoms with E-state index < -0.39 is 29.1 Å². The molecule has 0 unspecified atom stereocenters. The van der Waals surface area contributed by atoms with Gasteiger partial charge in [-0.2, -0.15) is 13.2 Å². The largest absolute Gasteiger partial charge is 0.325 e. The molecular formula is C5H3F3N2O2. The summed E-state index contributed by atoms with van der Waals surface area (Å²) in [5.41, 5.74) is -1.27. The summed E-state index contributed by atoms with van der Waals surface area (Å²) in [5, 5.41) is 9.94. The average molecular weight is 180 g/mol. The minimum Gasteiger partial charge on any atom is -0.258 e. The van der Waals surface area contributed by atoms with Crippen LogP contribution in [0, 0.1) is 10.1 Å². The van der Waals surface area contributed by atoms with Crippen LogP contribution in [0.25, 0.3) is 0 Å². The van der Waals surface area contributed by atoms with Gasteiger partial charge in [-0.3, -0.25) is 10.1 Å². The number of aliphatic imine (C=N–C) groups is 1. The van der Waals surface area contributed by atoms with E-state index in [1.807, 2.05) is 0 Å². The number of nitrogens with zero attached hydrogens (tertiary/aromatic N) is 2. The molecular weight excluding hydrogens is 177 g/mol. The predicted octanol–water partition coefficient (Wildman–Crippen LogP) is 1.16. The van der Waals surface area contributed by atoms with Crippen LogP contribution in [-0.2, 0) is 0 Å². The highest BCUT2D eigenvalue weighted by Gasteiger charge is 2.37. The van der Waals surface area contributed by atoms with Crippen LogP contribution < -0.4 is 0 Å². The summed E-state index contributed by atoms with van der Waals surface area (Å²) in [6, 6.07) is 0. The zero-order valence-corrected chi connectivity index (χ0v) is 5.63. The zero-order valence-electron chi connectivity index (χ0n) is 5.63. The fourth-order valence-corrected chi connectivity index (χ4v) is 0.689. The van der Waals surface area contributed by atoms with Crippen molar-refractivity contribution in [2.24, 2.45) is 4.99 Å². The summed E-state index contributed by atoms with van der Waals surface area (Å²) in [6.07, 6.45) is -0.0324. The molecule has 1 rings (SSSR count). The molecule has 1 aliphatic heterocycles. The molecule has 0 N–H and O–H groups in total. The molecule has 4 nitrogen and oxygen atoms in total. The normalized spacial score (nSPS) is 21.2. The molecule has 0 atom stereocenters. The van der Waals surface area contributed by atoms with Gasteiger partial charge < -0.3 is 0 Å². The molecule has 0 bridgehead atoms. The maximum Gasteiger partial charge on any atom is 0.325 e. The minimum atomic E-state index is -3.42. The fourth-order valence-electron chi connectivity index (χ4n) is 0.689. The molecule has 0 fully saturated rings. The maximum absolute atomic E-state index is 12.3. The minimum absolute atomic E-state index is 0.0324. The number of allylic oxidation sites excluding steroid dienone is 1. The third-order valence-electron chi connectivity index (χ3n) is 1.18. The molecule has 0 saturated heterocycles. The molecule has 0 saturated carbocycles. The van der Waals surface area contributed by atoms with Crippen LogP contribution >= 0.6 is 0 Å². The lowest BCUT2D eigenvalue weighted by atomic mass is 10.2. The van der Waals surface area contributed by atoms with E-state index in [1.54, 1.807) is 0 Å². The highest BCUT2D eigenvalue weighted by molar-refractivity contribution is 5.91. The SMILES string of the molecule is O=[N+]([O-])C1=CC(F)(F)CN=C1F. The van der Waals surface area contributed by atoms with Crippen molar-refractivity contribution in [3.8, 4) is 0 Å². The van der Waals surface area contributed by atoms with Crippen molar-refractivity contribution in [3.63, 3.8) is 0 Å². The Morgan fingerprint density at radius 2 is 2.25 bits per heavy atom. The molecule has 1 aliphatic rings. The van der Waals surface area contributed by atoms with Crippen molar-refractivity contribution >= 4 is 5.97 Å². The first kappa shape index (κ1) is 8.69. The third kappa shape index (κ3) is 1.60. The first-order chi connectivity index (χ1) is 5.42. The van der Waals surface area contributed by atoms with Crippen LogP contribution in [0.15, 0.2) is 16.8 Å². The van der Waals surface area contributed by atoms with Crippen LogP contribution in [0.4, 0.5) is 13.2 Å². The Balaban J connectivity index is 3.02. The van der Waals surface area contributed by atoms with E-state index in [-0.39, 0.29) is 6.08 Å². The first-order valence-electron chi connectivity index (χ1n) is 2.88. The monoisotopic (exact) mass is 180 g/mol. The lowest BCUT2D eigenvalue weighted by Crippen LogP contribution is -2.26. The van der Waals surface area contributed by atoms with Crippen molar-refractivity contribution in [1.82, 2.24) is 0 Å². The van der Waals surface area contributed by atoms with Gasteiger partial charge in [0.15, 0.2) is 0 Å². The molecule has 0 amide bonds. The summed E-state index contributed by atoms with van der Waals surface area (Å²) < 4.78 is 37.0. The molecule has 0 aromatic rings. The quantitative estimate of drug-likeness (QED) is 0.449. The topological polar surface area (TPSA) is 55.5 Å². The van der Waals surface area contributed by atoms with Gasteiger partial charge in [0, 0.05) is 0 Å². The third-order valence-corrected chi connectivity index (χ3v) is 1.18. The fraction of sp³-hybridized carbons (Fsp3) is 0.400. The van der Waals surface area contributed by atoms with Crippen molar-refractivity contribution < 1.29 is 18.1 Å². The van der Waals surface area contributed by atoms with E-state index in [9.17, 15) is 23.3 Å². The van der Waals surface area contributed by atoms with E-state index in [2.05, 4.69) is 4.99 Å². The lowest BCUT2D eigenvalue weighted by molar-refractivity contribution is -0.417. The molecule has 0 spiro atoms. The van der Waals surface area contributed by atoms with E-state index in [0.29, 0.717) is 0 Å². The number of alkyl halides is 2. The summed E-state index contributed by atoms with van der Waals surface area (Å²) >= 11 is 0. The van der Waals surface area contributed by atoms with Gasteiger partial charge in [-0.05, 0) is 0 Å². The van der Waals surface area contributed by atoms with E-state index >= 15 is 0 Å². The Morgan fingerprint density at radius 1 is 1.67 bits per heavy atom. The summed E-state index contributed by atoms with van der Waals surface area (Å²) in [5.74, 6) is -4.87. The van der Waals surface area contributed by atoms with Gasteiger partial charge in [-0.1, -0.05) is 0 Å². The smallest absolute Gasteiger partial charge is 0.258 e. The number of dihydropyridines is 1. The van der Waals surface area contributed by atoms with Gasteiger partial charge in [0.2, 0.25) is 0 Å². The number of nitro groups is 1. The van der Waals surface area contributed by atoms with Crippen LogP contribution in [-0.4, -0.2) is 23.4 Å². The molecule has 7 heteroatoms. The average Bonchev–Trinajstić information content (AvgIpc) is 1.94. The predicted molar refractivity (Wildman–Crippen MR) is 33.4 cm³/mol. The molecule has 12 heavy (non-hydrogen) atoms. The van der Waals surface area contributed by atoms with Crippen molar-refractivity contribution in [3.05, 3.63) is 21.9 Å². The Bertz CT molecular complexity index is 284. The van der Waals surface area contributed by atoms with Crippen LogP contribution in [0.1, 0.15) is 0 Å². The Morgan fingerprint density at radius 3 is 2.67 bits per heavy atom. The zero-order chi connectivity index (χ0) is 9.35. The van der Waals surface area contributed by atoms with Gasteiger partial charge in [-0.25, -0.2) is 4.99 Å². The van der Waals surface area contributed by atoms with Gasteiger partial charge in [0.25, 0.3) is 11.9 Å². The van der Waals surface area contributed by atoms with Crippen molar-refractivity contribution in [1.29, 1.82) is 0 Å². The van der Waals surface area contributed by atoms with E-state index in [1.165, 1.54) is 0 Å². The van der Waals surface area contributed by atoms with Gasteiger partial charge in [0.05, 0.1) is 11.0 Å². The molecule has 0 aromatic heterocycles. The maximum atomic E-state index is 12.3. The van der Waals surface area contributed by atoms with Gasteiger partial charge in [-0.15, -0.1) is 0 Å². The van der Waals surface area contributed by atoms with Crippen molar-refractivity contribution in [2.45, 2.75) is 5.92 Å². The van der Waals surface area contributed by atoms with Crippen LogP contribution in [0.3, 0.4) is 0 Å². The second kappa shape index (κ2) is 2.58. The summed E-state index contributed by atoms with van der Waals surface area (Å²) in [7, 11) is 0. The highest BCUT2D eigenvalue weighted by Crippen LogP contribution is 2.23. The molecule has 66 valence electrons.